The SMILES string of the molecule is C/C(CCn1c(=O)c2ccccc2c2ccccc2c1=O)=N\NC(N)=O. The molecule has 2 amide bonds. The lowest BCUT2D eigenvalue weighted by molar-refractivity contribution is 0.249. The molecule has 0 unspecified atom stereocenters. The van der Waals surface area contributed by atoms with Gasteiger partial charge in [-0.15, -0.1) is 0 Å². The number of nitrogens with one attached hydrogen (secondary N) is 1. The minimum atomic E-state index is -0.769. The van der Waals surface area contributed by atoms with Crippen molar-refractivity contribution in [2.45, 2.75) is 19.9 Å². The molecule has 0 aliphatic carbocycles. The van der Waals surface area contributed by atoms with Crippen LogP contribution in [0.5, 0.6) is 0 Å². The number of nitrogens with zero attached hydrogens (tertiary/aromatic N) is 2. The number of urea groups is 1. The van der Waals surface area contributed by atoms with Crippen LogP contribution in [0.3, 0.4) is 0 Å². The number of hydrogen-bond donors (Lipinski definition) is 2. The van der Waals surface area contributed by atoms with Crippen molar-refractivity contribution < 1.29 is 4.79 Å². The highest BCUT2D eigenvalue weighted by Crippen LogP contribution is 2.19. The third-order valence-electron chi connectivity index (χ3n) is 4.15. The fourth-order valence-electron chi connectivity index (χ4n) is 2.88. The highest BCUT2D eigenvalue weighted by Gasteiger charge is 2.10. The third kappa shape index (κ3) is 3.32. The number of carbonyl (C=O) groups is 1. The molecule has 0 aliphatic heterocycles. The number of primary amides is 1. The van der Waals surface area contributed by atoms with Crippen LogP contribution in [0, 0.1) is 0 Å². The molecule has 132 valence electrons. The molecular weight excluding hydrogens is 332 g/mol. The zero-order valence-electron chi connectivity index (χ0n) is 14.2. The molecule has 0 saturated heterocycles. The van der Waals surface area contributed by atoms with Crippen LogP contribution in [0.1, 0.15) is 13.3 Å². The largest absolute Gasteiger partial charge is 0.350 e. The number of aromatic nitrogens is 1. The maximum atomic E-state index is 13.0. The summed E-state index contributed by atoms with van der Waals surface area (Å²) in [5.74, 6) is 0. The Morgan fingerprint density at radius 3 is 1.88 bits per heavy atom. The number of fused-ring (bicyclic) bond motifs is 3. The van der Waals surface area contributed by atoms with Crippen LogP contribution in [0.25, 0.3) is 21.5 Å². The van der Waals surface area contributed by atoms with E-state index in [1.54, 1.807) is 31.2 Å². The van der Waals surface area contributed by atoms with E-state index in [1.807, 2.05) is 24.3 Å². The van der Waals surface area contributed by atoms with E-state index in [0.29, 0.717) is 22.9 Å². The topological polar surface area (TPSA) is 107 Å². The lowest BCUT2D eigenvalue weighted by Gasteiger charge is -2.03. The van der Waals surface area contributed by atoms with E-state index in [1.165, 1.54) is 4.57 Å². The minimum Gasteiger partial charge on any atom is -0.350 e. The van der Waals surface area contributed by atoms with Gasteiger partial charge in [-0.1, -0.05) is 36.4 Å². The van der Waals surface area contributed by atoms with Crippen molar-refractivity contribution in [3.05, 3.63) is 69.2 Å². The molecule has 7 heteroatoms. The van der Waals surface area contributed by atoms with Gasteiger partial charge in [-0.05, 0) is 29.8 Å². The standard InChI is InChI=1S/C19H18N4O3/c1-12(21-22-19(20)26)10-11-23-17(24)15-8-4-2-6-13(15)14-7-3-5-9-16(14)18(23)25/h2-9H,10-11H2,1H3,(H3,20,22,26)/b21-12+. The fraction of sp³-hybridized carbons (Fsp3) is 0.158. The van der Waals surface area contributed by atoms with Gasteiger partial charge >= 0.3 is 6.03 Å². The Morgan fingerprint density at radius 1 is 0.962 bits per heavy atom. The summed E-state index contributed by atoms with van der Waals surface area (Å²) in [4.78, 5) is 36.7. The quantitative estimate of drug-likeness (QED) is 0.555. The zero-order valence-corrected chi connectivity index (χ0v) is 14.2. The van der Waals surface area contributed by atoms with Gasteiger partial charge in [0.25, 0.3) is 11.1 Å². The molecule has 0 bridgehead atoms. The molecule has 0 fully saturated rings. The van der Waals surface area contributed by atoms with Crippen molar-refractivity contribution in [3.63, 3.8) is 0 Å². The highest BCUT2D eigenvalue weighted by atomic mass is 16.2. The predicted octanol–water partition coefficient (Wildman–Crippen LogP) is 1.95. The van der Waals surface area contributed by atoms with Crippen LogP contribution < -0.4 is 22.3 Å². The van der Waals surface area contributed by atoms with E-state index >= 15 is 0 Å². The maximum absolute atomic E-state index is 13.0. The van der Waals surface area contributed by atoms with Crippen molar-refractivity contribution >= 4 is 33.3 Å². The number of nitrogens with two attached hydrogens (primary N) is 1. The molecule has 7 nitrogen and oxygen atoms in total. The molecule has 0 radical (unpaired) electrons. The Hall–Kier alpha value is -3.48. The van der Waals surface area contributed by atoms with Crippen molar-refractivity contribution in [2.75, 3.05) is 0 Å². The van der Waals surface area contributed by atoms with Crippen LogP contribution in [-0.2, 0) is 6.54 Å². The molecule has 0 spiro atoms. The third-order valence-corrected chi connectivity index (χ3v) is 4.15. The molecule has 2 aromatic carbocycles. The second-order valence-electron chi connectivity index (χ2n) is 5.93. The van der Waals surface area contributed by atoms with Crippen LogP contribution in [0.15, 0.2) is 63.2 Å². The second kappa shape index (κ2) is 7.18. The van der Waals surface area contributed by atoms with Gasteiger partial charge in [0.1, 0.15) is 0 Å². The fourth-order valence-corrected chi connectivity index (χ4v) is 2.88. The van der Waals surface area contributed by atoms with E-state index in [-0.39, 0.29) is 17.7 Å². The Kier molecular flexibility index (Phi) is 4.79. The van der Waals surface area contributed by atoms with Gasteiger partial charge in [0, 0.05) is 29.4 Å². The highest BCUT2D eigenvalue weighted by molar-refractivity contribution is 6.05. The van der Waals surface area contributed by atoms with Gasteiger partial charge in [0.2, 0.25) is 0 Å². The van der Waals surface area contributed by atoms with Gasteiger partial charge in [-0.3, -0.25) is 14.2 Å². The first kappa shape index (κ1) is 17.3. The summed E-state index contributed by atoms with van der Waals surface area (Å²) in [5.41, 5.74) is 6.96. The first-order chi connectivity index (χ1) is 12.5. The van der Waals surface area contributed by atoms with Crippen molar-refractivity contribution in [2.24, 2.45) is 10.8 Å². The van der Waals surface area contributed by atoms with Crippen molar-refractivity contribution in [1.82, 2.24) is 9.99 Å². The normalized spacial score (nSPS) is 11.7. The predicted molar refractivity (Wildman–Crippen MR) is 102 cm³/mol. The van der Waals surface area contributed by atoms with E-state index in [0.717, 1.165) is 10.8 Å². The Bertz CT molecular complexity index is 1080. The molecule has 3 rings (SSSR count). The number of amides is 2. The minimum absolute atomic E-state index is 0.149. The van der Waals surface area contributed by atoms with Crippen LogP contribution in [-0.4, -0.2) is 16.3 Å². The number of hydrazone groups is 1. The molecule has 3 aromatic rings. The Balaban J connectivity index is 2.19. The number of carbonyl (C=O) groups excluding carboxylic acids is 1. The van der Waals surface area contributed by atoms with Crippen molar-refractivity contribution in [3.8, 4) is 0 Å². The molecule has 1 aromatic heterocycles. The summed E-state index contributed by atoms with van der Waals surface area (Å²) in [6.07, 6.45) is 0.322. The number of benzene rings is 2. The van der Waals surface area contributed by atoms with E-state index in [2.05, 4.69) is 10.5 Å². The lowest BCUT2D eigenvalue weighted by atomic mass is 10.1. The summed E-state index contributed by atoms with van der Waals surface area (Å²) in [5, 5.41) is 6.26. The van der Waals surface area contributed by atoms with Gasteiger partial charge in [-0.25, -0.2) is 10.2 Å². The van der Waals surface area contributed by atoms with Gasteiger partial charge in [-0.2, -0.15) is 5.10 Å². The first-order valence-corrected chi connectivity index (χ1v) is 8.12. The van der Waals surface area contributed by atoms with Crippen LogP contribution in [0.4, 0.5) is 4.79 Å². The summed E-state index contributed by atoms with van der Waals surface area (Å²) in [6, 6.07) is 13.6. The lowest BCUT2D eigenvalue weighted by Crippen LogP contribution is -2.31. The van der Waals surface area contributed by atoms with Gasteiger partial charge in [0.15, 0.2) is 0 Å². The van der Waals surface area contributed by atoms with E-state index < -0.39 is 6.03 Å². The smallest absolute Gasteiger partial charge is 0.332 e. The zero-order chi connectivity index (χ0) is 18.7. The second-order valence-corrected chi connectivity index (χ2v) is 5.93. The maximum Gasteiger partial charge on any atom is 0.332 e. The average Bonchev–Trinajstić information content (AvgIpc) is 2.73. The molecular formula is C19H18N4O3. The van der Waals surface area contributed by atoms with Crippen LogP contribution >= 0.6 is 0 Å². The molecule has 0 aliphatic rings. The number of rotatable bonds is 4. The Labute approximate surface area is 148 Å². The summed E-state index contributed by atoms with van der Waals surface area (Å²) in [6.45, 7) is 1.83. The van der Waals surface area contributed by atoms with E-state index in [4.69, 9.17) is 5.73 Å². The molecule has 26 heavy (non-hydrogen) atoms. The van der Waals surface area contributed by atoms with E-state index in [9.17, 15) is 14.4 Å². The molecule has 0 atom stereocenters. The summed E-state index contributed by atoms with van der Waals surface area (Å²) in [7, 11) is 0. The van der Waals surface area contributed by atoms with Crippen LogP contribution in [0.2, 0.25) is 0 Å². The molecule has 0 saturated carbocycles. The van der Waals surface area contributed by atoms with Crippen molar-refractivity contribution in [1.29, 1.82) is 0 Å². The monoisotopic (exact) mass is 350 g/mol. The first-order valence-electron chi connectivity index (χ1n) is 8.12. The average molecular weight is 350 g/mol. The number of hydrogen-bond acceptors (Lipinski definition) is 4. The Morgan fingerprint density at radius 2 is 1.42 bits per heavy atom. The summed E-state index contributed by atoms with van der Waals surface area (Å²) >= 11 is 0. The molecule has 3 N–H and O–H groups in total. The summed E-state index contributed by atoms with van der Waals surface area (Å²) < 4.78 is 1.22. The van der Waals surface area contributed by atoms with Gasteiger partial charge in [0.05, 0.1) is 0 Å². The van der Waals surface area contributed by atoms with Gasteiger partial charge < -0.3 is 5.73 Å². The molecule has 1 heterocycles.